The van der Waals surface area contributed by atoms with E-state index in [2.05, 4.69) is 27.4 Å². The van der Waals surface area contributed by atoms with E-state index < -0.39 is 0 Å². The zero-order chi connectivity index (χ0) is 14.5. The summed E-state index contributed by atoms with van der Waals surface area (Å²) in [7, 11) is 0. The number of hydrogen-bond acceptors (Lipinski definition) is 7. The van der Waals surface area contributed by atoms with Crippen molar-refractivity contribution in [2.75, 3.05) is 23.0 Å². The lowest BCUT2D eigenvalue weighted by Gasteiger charge is -2.18. The third-order valence-electron chi connectivity index (χ3n) is 3.20. The molecule has 2 aromatic rings. The van der Waals surface area contributed by atoms with Gasteiger partial charge in [-0.15, -0.1) is 0 Å². The van der Waals surface area contributed by atoms with Crippen LogP contribution in [0.15, 0.2) is 28.9 Å². The van der Waals surface area contributed by atoms with Crippen LogP contribution in [0.1, 0.15) is 18.9 Å². The minimum absolute atomic E-state index is 0.0549. The Morgan fingerprint density at radius 1 is 1.29 bits per heavy atom. The van der Waals surface area contributed by atoms with Gasteiger partial charge in [0.05, 0.1) is 6.04 Å². The first kappa shape index (κ1) is 14.9. The second kappa shape index (κ2) is 7.29. The van der Waals surface area contributed by atoms with Crippen LogP contribution in [0.4, 0.5) is 0 Å². The summed E-state index contributed by atoms with van der Waals surface area (Å²) in [6, 6.07) is 6.21. The highest BCUT2D eigenvalue weighted by Gasteiger charge is 2.20. The molecule has 5 nitrogen and oxygen atoms in total. The molecule has 1 fully saturated rings. The fraction of sp³-hybridized carbons (Fsp3) is 0.500. The van der Waals surface area contributed by atoms with E-state index in [-0.39, 0.29) is 6.04 Å². The molecule has 1 aliphatic rings. The normalized spacial score (nSPS) is 18.3. The topological polar surface area (TPSA) is 63.8 Å². The molecule has 0 spiro atoms. The summed E-state index contributed by atoms with van der Waals surface area (Å²) in [6.45, 7) is 2.07. The van der Waals surface area contributed by atoms with Crippen molar-refractivity contribution < 1.29 is 4.52 Å². The first-order valence-corrected chi connectivity index (χ1v) is 9.30. The lowest BCUT2D eigenvalue weighted by atomic mass is 10.3. The molecule has 7 heteroatoms. The van der Waals surface area contributed by atoms with Gasteiger partial charge in [-0.25, -0.2) is 0 Å². The third kappa shape index (κ3) is 3.99. The Balaban J connectivity index is 1.65. The summed E-state index contributed by atoms with van der Waals surface area (Å²) >= 11 is 4.01. The summed E-state index contributed by atoms with van der Waals surface area (Å²) in [5.41, 5.74) is 0.736. The Hall–Kier alpha value is -1.05. The summed E-state index contributed by atoms with van der Waals surface area (Å²) in [5, 5.41) is 7.60. The molecule has 1 N–H and O–H groups in total. The fourth-order valence-electron chi connectivity index (χ4n) is 2.15. The average Bonchev–Trinajstić information content (AvgIpc) is 2.88. The largest absolute Gasteiger partial charge is 0.337 e. The van der Waals surface area contributed by atoms with Crippen molar-refractivity contribution >= 4 is 23.5 Å². The van der Waals surface area contributed by atoms with Crippen molar-refractivity contribution in [1.29, 1.82) is 0 Å². The quantitative estimate of drug-likeness (QED) is 0.928. The Morgan fingerprint density at radius 2 is 2.10 bits per heavy atom. The van der Waals surface area contributed by atoms with Crippen molar-refractivity contribution in [3.8, 4) is 11.5 Å². The number of hydrogen-bond donors (Lipinski definition) is 1. The van der Waals surface area contributed by atoms with Crippen molar-refractivity contribution in [1.82, 2.24) is 20.4 Å². The second-order valence-electron chi connectivity index (χ2n) is 4.91. The SMILES string of the molecule is C[C@H](NC1CSCCSC1)c1nc(-c2ccccn2)no1. The molecule has 0 unspecified atom stereocenters. The molecule has 21 heavy (non-hydrogen) atoms. The first-order chi connectivity index (χ1) is 10.3. The molecule has 0 saturated carbocycles. The lowest BCUT2D eigenvalue weighted by Crippen LogP contribution is -2.35. The van der Waals surface area contributed by atoms with Gasteiger partial charge in [0.25, 0.3) is 0 Å². The van der Waals surface area contributed by atoms with Crippen molar-refractivity contribution in [2.45, 2.75) is 19.0 Å². The summed E-state index contributed by atoms with van der Waals surface area (Å²) in [5.74, 6) is 5.92. The van der Waals surface area contributed by atoms with Gasteiger partial charge in [-0.3, -0.25) is 4.98 Å². The van der Waals surface area contributed by atoms with E-state index in [9.17, 15) is 0 Å². The molecule has 0 bridgehead atoms. The molecular formula is C14H18N4OS2. The predicted molar refractivity (Wildman–Crippen MR) is 87.5 cm³/mol. The van der Waals surface area contributed by atoms with E-state index in [1.54, 1.807) is 6.20 Å². The van der Waals surface area contributed by atoms with Gasteiger partial charge in [-0.2, -0.15) is 28.5 Å². The van der Waals surface area contributed by atoms with Crippen LogP contribution in [0.3, 0.4) is 0 Å². The van der Waals surface area contributed by atoms with Gasteiger partial charge in [0, 0.05) is 35.3 Å². The molecule has 2 aromatic heterocycles. The van der Waals surface area contributed by atoms with Gasteiger partial charge in [-0.05, 0) is 19.1 Å². The smallest absolute Gasteiger partial charge is 0.243 e. The zero-order valence-electron chi connectivity index (χ0n) is 11.9. The molecule has 0 radical (unpaired) electrons. The van der Waals surface area contributed by atoms with Crippen LogP contribution < -0.4 is 5.32 Å². The van der Waals surface area contributed by atoms with E-state index in [0.717, 1.165) is 17.2 Å². The highest BCUT2D eigenvalue weighted by molar-refractivity contribution is 8.03. The highest BCUT2D eigenvalue weighted by Crippen LogP contribution is 2.20. The number of pyridine rings is 1. The van der Waals surface area contributed by atoms with Crippen LogP contribution in [-0.4, -0.2) is 44.2 Å². The Morgan fingerprint density at radius 3 is 2.81 bits per heavy atom. The van der Waals surface area contributed by atoms with Gasteiger partial charge in [0.1, 0.15) is 5.69 Å². The molecule has 1 aliphatic heterocycles. The highest BCUT2D eigenvalue weighted by atomic mass is 32.2. The van der Waals surface area contributed by atoms with Crippen molar-refractivity contribution in [3.05, 3.63) is 30.3 Å². The number of nitrogens with zero attached hydrogens (tertiary/aromatic N) is 3. The van der Waals surface area contributed by atoms with Gasteiger partial charge in [0.2, 0.25) is 11.7 Å². The molecule has 0 aromatic carbocycles. The minimum atomic E-state index is 0.0549. The lowest BCUT2D eigenvalue weighted by molar-refractivity contribution is 0.332. The Kier molecular flexibility index (Phi) is 5.16. The molecule has 1 atom stereocenters. The standard InChI is InChI=1S/C14H18N4OS2/c1-10(16-11-8-20-6-7-21-9-11)14-17-13(18-19-14)12-4-2-3-5-15-12/h2-5,10-11,16H,6-9H2,1H3/t10-/m0/s1. The second-order valence-corrected chi connectivity index (χ2v) is 7.21. The molecule has 3 heterocycles. The van der Waals surface area contributed by atoms with Gasteiger partial charge in [0.15, 0.2) is 0 Å². The monoisotopic (exact) mass is 322 g/mol. The molecule has 1 saturated heterocycles. The summed E-state index contributed by atoms with van der Waals surface area (Å²) in [6.07, 6.45) is 1.73. The molecule has 112 valence electrons. The molecule has 0 aliphatic carbocycles. The van der Waals surface area contributed by atoms with Crippen LogP contribution in [0.5, 0.6) is 0 Å². The predicted octanol–water partition coefficient (Wildman–Crippen LogP) is 2.63. The molecular weight excluding hydrogens is 304 g/mol. The van der Waals surface area contributed by atoms with E-state index in [1.165, 1.54) is 11.5 Å². The summed E-state index contributed by atoms with van der Waals surface area (Å²) in [4.78, 5) is 8.69. The van der Waals surface area contributed by atoms with Crippen LogP contribution >= 0.6 is 23.5 Å². The van der Waals surface area contributed by atoms with Gasteiger partial charge >= 0.3 is 0 Å². The Bertz CT molecular complexity index is 555. The van der Waals surface area contributed by atoms with Crippen LogP contribution in [0, 0.1) is 0 Å². The maximum Gasteiger partial charge on any atom is 0.243 e. The van der Waals surface area contributed by atoms with Crippen LogP contribution in [0.25, 0.3) is 11.5 Å². The van der Waals surface area contributed by atoms with Crippen LogP contribution in [0.2, 0.25) is 0 Å². The molecule has 3 rings (SSSR count). The first-order valence-electron chi connectivity index (χ1n) is 6.99. The number of thioether (sulfide) groups is 2. The van der Waals surface area contributed by atoms with E-state index in [4.69, 9.17) is 4.52 Å². The summed E-state index contributed by atoms with van der Waals surface area (Å²) < 4.78 is 5.38. The minimum Gasteiger partial charge on any atom is -0.337 e. The average molecular weight is 322 g/mol. The van der Waals surface area contributed by atoms with Crippen molar-refractivity contribution in [2.24, 2.45) is 0 Å². The maximum absolute atomic E-state index is 5.38. The third-order valence-corrected chi connectivity index (χ3v) is 5.72. The van der Waals surface area contributed by atoms with Crippen LogP contribution in [-0.2, 0) is 0 Å². The fourth-order valence-corrected chi connectivity index (χ4v) is 4.57. The maximum atomic E-state index is 5.38. The van der Waals surface area contributed by atoms with E-state index in [0.29, 0.717) is 17.8 Å². The zero-order valence-corrected chi connectivity index (χ0v) is 13.5. The van der Waals surface area contributed by atoms with E-state index in [1.807, 2.05) is 41.7 Å². The molecule has 0 amide bonds. The Labute approximate surface area is 132 Å². The number of aromatic nitrogens is 3. The number of rotatable bonds is 4. The number of nitrogens with one attached hydrogen (secondary N) is 1. The van der Waals surface area contributed by atoms with E-state index >= 15 is 0 Å². The van der Waals surface area contributed by atoms with Gasteiger partial charge < -0.3 is 9.84 Å². The van der Waals surface area contributed by atoms with Crippen molar-refractivity contribution in [3.63, 3.8) is 0 Å². The van der Waals surface area contributed by atoms with Gasteiger partial charge in [-0.1, -0.05) is 11.2 Å².